The van der Waals surface area contributed by atoms with E-state index in [9.17, 15) is 13.6 Å². The Hall–Kier alpha value is -1.95. The topological polar surface area (TPSA) is 55.1 Å². The second kappa shape index (κ2) is 6.00. The Balaban J connectivity index is 2.11. The summed E-state index contributed by atoms with van der Waals surface area (Å²) in [5.74, 6) is -2.47. The van der Waals surface area contributed by atoms with Gasteiger partial charge in [0.1, 0.15) is 17.3 Å². The summed E-state index contributed by atoms with van der Waals surface area (Å²) in [4.78, 5) is 11.8. The van der Waals surface area contributed by atoms with Crippen molar-refractivity contribution in [3.8, 4) is 0 Å². The zero-order valence-electron chi connectivity index (χ0n) is 10.3. The van der Waals surface area contributed by atoms with E-state index in [-0.39, 0.29) is 12.1 Å². The Morgan fingerprint density at radius 1 is 1.20 bits per heavy atom. The van der Waals surface area contributed by atoms with Crippen LogP contribution in [0.5, 0.6) is 0 Å². The van der Waals surface area contributed by atoms with Crippen LogP contribution in [0.3, 0.4) is 0 Å². The van der Waals surface area contributed by atoms with Crippen molar-refractivity contribution in [1.82, 2.24) is 5.32 Å². The molecular formula is C14H11BrF2N2O. The summed E-state index contributed by atoms with van der Waals surface area (Å²) >= 11 is 3.35. The number of amides is 1. The maximum Gasteiger partial charge on any atom is 0.251 e. The summed E-state index contributed by atoms with van der Waals surface area (Å²) in [5.41, 5.74) is 5.31. The fraction of sp³-hybridized carbons (Fsp3) is 0.0714. The predicted molar refractivity (Wildman–Crippen MR) is 76.1 cm³/mol. The van der Waals surface area contributed by atoms with Crippen LogP contribution in [0.15, 0.2) is 40.9 Å². The van der Waals surface area contributed by atoms with Gasteiger partial charge in [0.25, 0.3) is 5.91 Å². The molecule has 0 aliphatic rings. The van der Waals surface area contributed by atoms with Crippen LogP contribution in [-0.4, -0.2) is 5.91 Å². The second-order valence-electron chi connectivity index (χ2n) is 4.13. The molecule has 0 radical (unpaired) electrons. The van der Waals surface area contributed by atoms with Crippen LogP contribution in [0.25, 0.3) is 0 Å². The van der Waals surface area contributed by atoms with Gasteiger partial charge in [-0.2, -0.15) is 0 Å². The lowest BCUT2D eigenvalue weighted by molar-refractivity contribution is 0.0950. The van der Waals surface area contributed by atoms with Crippen LogP contribution < -0.4 is 11.1 Å². The van der Waals surface area contributed by atoms with Crippen LogP contribution in [0.4, 0.5) is 14.5 Å². The van der Waals surface area contributed by atoms with Crippen molar-refractivity contribution in [1.29, 1.82) is 0 Å². The molecule has 2 rings (SSSR count). The summed E-state index contributed by atoms with van der Waals surface area (Å²) in [6.07, 6.45) is 0. The molecule has 0 unspecified atom stereocenters. The van der Waals surface area contributed by atoms with Gasteiger partial charge in [-0.15, -0.1) is 0 Å². The number of nitrogens with two attached hydrogens (primary N) is 1. The van der Waals surface area contributed by atoms with E-state index in [1.165, 1.54) is 0 Å². The Morgan fingerprint density at radius 2 is 1.80 bits per heavy atom. The van der Waals surface area contributed by atoms with Crippen LogP contribution in [0, 0.1) is 11.6 Å². The highest BCUT2D eigenvalue weighted by molar-refractivity contribution is 9.10. The minimum atomic E-state index is -0.948. The maximum atomic E-state index is 13.3. The smallest absolute Gasteiger partial charge is 0.251 e. The van der Waals surface area contributed by atoms with Crippen molar-refractivity contribution in [2.45, 2.75) is 6.54 Å². The first kappa shape index (κ1) is 14.5. The van der Waals surface area contributed by atoms with Gasteiger partial charge < -0.3 is 11.1 Å². The van der Waals surface area contributed by atoms with Gasteiger partial charge in [-0.05, 0) is 23.8 Å². The van der Waals surface area contributed by atoms with E-state index in [2.05, 4.69) is 21.2 Å². The van der Waals surface area contributed by atoms with Crippen molar-refractivity contribution < 1.29 is 13.6 Å². The molecule has 1 amide bonds. The summed E-state index contributed by atoms with van der Waals surface area (Å²) in [6.45, 7) is 0.244. The zero-order valence-corrected chi connectivity index (χ0v) is 11.9. The highest BCUT2D eigenvalue weighted by atomic mass is 79.9. The van der Waals surface area contributed by atoms with Gasteiger partial charge >= 0.3 is 0 Å². The molecule has 0 bridgehead atoms. The Kier molecular flexibility index (Phi) is 4.34. The van der Waals surface area contributed by atoms with Crippen molar-refractivity contribution in [2.75, 3.05) is 5.73 Å². The Bertz CT molecular complexity index is 638. The van der Waals surface area contributed by atoms with Gasteiger partial charge in [0.15, 0.2) is 0 Å². The SMILES string of the molecule is Nc1c(F)cc(C(=O)NCc2ccccc2Br)cc1F. The lowest BCUT2D eigenvalue weighted by Gasteiger charge is -2.08. The van der Waals surface area contributed by atoms with Gasteiger partial charge in [0.05, 0.1) is 0 Å². The van der Waals surface area contributed by atoms with E-state index in [0.717, 1.165) is 22.2 Å². The molecule has 0 aliphatic carbocycles. The molecule has 0 aromatic heterocycles. The van der Waals surface area contributed by atoms with E-state index in [1.807, 2.05) is 24.3 Å². The summed E-state index contributed by atoms with van der Waals surface area (Å²) in [6, 6.07) is 9.16. The molecule has 0 atom stereocenters. The minimum absolute atomic E-state index is 0.110. The fourth-order valence-electron chi connectivity index (χ4n) is 1.63. The number of carbonyl (C=O) groups is 1. The Labute approximate surface area is 122 Å². The van der Waals surface area contributed by atoms with Crippen molar-refractivity contribution in [3.05, 3.63) is 63.6 Å². The first-order valence-corrected chi connectivity index (χ1v) is 6.54. The van der Waals surface area contributed by atoms with Crippen LogP contribution in [0.1, 0.15) is 15.9 Å². The summed E-state index contributed by atoms with van der Waals surface area (Å²) < 4.78 is 27.4. The van der Waals surface area contributed by atoms with Crippen molar-refractivity contribution >= 4 is 27.5 Å². The fourth-order valence-corrected chi connectivity index (χ4v) is 2.06. The standard InChI is InChI=1S/C14H11BrF2N2O/c15-10-4-2-1-3-8(10)7-19-14(20)9-5-11(16)13(18)12(17)6-9/h1-6H,7,18H2,(H,19,20). The van der Waals surface area contributed by atoms with E-state index >= 15 is 0 Å². The Morgan fingerprint density at radius 3 is 2.40 bits per heavy atom. The number of anilines is 1. The van der Waals surface area contributed by atoms with Crippen LogP contribution in [0.2, 0.25) is 0 Å². The normalized spacial score (nSPS) is 10.3. The third kappa shape index (κ3) is 3.14. The molecular weight excluding hydrogens is 330 g/mol. The number of nitrogen functional groups attached to an aromatic ring is 1. The number of carbonyl (C=O) groups excluding carboxylic acids is 1. The van der Waals surface area contributed by atoms with Gasteiger partial charge in [-0.25, -0.2) is 8.78 Å². The second-order valence-corrected chi connectivity index (χ2v) is 4.98. The third-order valence-corrected chi connectivity index (χ3v) is 3.51. The molecule has 0 spiro atoms. The molecule has 6 heteroatoms. The van der Waals surface area contributed by atoms with Gasteiger partial charge in [0.2, 0.25) is 0 Å². The van der Waals surface area contributed by atoms with Crippen LogP contribution in [-0.2, 0) is 6.54 Å². The number of halogens is 3. The first-order valence-electron chi connectivity index (χ1n) is 5.75. The lowest BCUT2D eigenvalue weighted by atomic mass is 10.1. The molecule has 104 valence electrons. The number of benzene rings is 2. The number of hydrogen-bond acceptors (Lipinski definition) is 2. The van der Waals surface area contributed by atoms with Gasteiger partial charge in [0, 0.05) is 16.6 Å². The molecule has 20 heavy (non-hydrogen) atoms. The number of hydrogen-bond donors (Lipinski definition) is 2. The molecule has 0 aliphatic heterocycles. The zero-order chi connectivity index (χ0) is 14.7. The summed E-state index contributed by atoms with van der Waals surface area (Å²) in [7, 11) is 0. The van der Waals surface area contributed by atoms with E-state index in [1.54, 1.807) is 0 Å². The van der Waals surface area contributed by atoms with E-state index < -0.39 is 23.2 Å². The monoisotopic (exact) mass is 340 g/mol. The van der Waals surface area contributed by atoms with Gasteiger partial charge in [-0.3, -0.25) is 4.79 Å². The first-order chi connectivity index (χ1) is 9.49. The largest absolute Gasteiger partial charge is 0.394 e. The highest BCUT2D eigenvalue weighted by Gasteiger charge is 2.13. The van der Waals surface area contributed by atoms with Crippen LogP contribution >= 0.6 is 15.9 Å². The molecule has 0 saturated carbocycles. The average Bonchev–Trinajstić information content (AvgIpc) is 2.43. The molecule has 3 N–H and O–H groups in total. The predicted octanol–water partition coefficient (Wildman–Crippen LogP) is 3.24. The van der Waals surface area contributed by atoms with Crippen molar-refractivity contribution in [2.24, 2.45) is 0 Å². The maximum absolute atomic E-state index is 13.3. The molecule has 0 heterocycles. The molecule has 3 nitrogen and oxygen atoms in total. The highest BCUT2D eigenvalue weighted by Crippen LogP contribution is 2.18. The van der Waals surface area contributed by atoms with Gasteiger partial charge in [-0.1, -0.05) is 34.1 Å². The third-order valence-electron chi connectivity index (χ3n) is 2.74. The molecule has 2 aromatic rings. The average molecular weight is 341 g/mol. The lowest BCUT2D eigenvalue weighted by Crippen LogP contribution is -2.23. The molecule has 0 fully saturated rings. The van der Waals surface area contributed by atoms with E-state index in [4.69, 9.17) is 5.73 Å². The van der Waals surface area contributed by atoms with Crippen molar-refractivity contribution in [3.63, 3.8) is 0 Å². The quantitative estimate of drug-likeness (QED) is 0.842. The number of nitrogens with one attached hydrogen (secondary N) is 1. The molecule has 0 saturated heterocycles. The summed E-state index contributed by atoms with van der Waals surface area (Å²) in [5, 5.41) is 2.59. The van der Waals surface area contributed by atoms with E-state index in [0.29, 0.717) is 0 Å². The minimum Gasteiger partial charge on any atom is -0.394 e. The molecule has 2 aromatic carbocycles. The number of rotatable bonds is 3.